The molecule has 2 aromatic carbocycles. The van der Waals surface area contributed by atoms with E-state index >= 15 is 0 Å². The summed E-state index contributed by atoms with van der Waals surface area (Å²) in [5.74, 6) is 1.43. The summed E-state index contributed by atoms with van der Waals surface area (Å²) < 4.78 is 12.0. The molecule has 1 aliphatic rings. The summed E-state index contributed by atoms with van der Waals surface area (Å²) in [4.78, 5) is 0. The highest BCUT2D eigenvalue weighted by Gasteiger charge is 2.17. The highest BCUT2D eigenvalue weighted by atomic mass is 79.9. The lowest BCUT2D eigenvalue weighted by Gasteiger charge is -2.20. The van der Waals surface area contributed by atoms with Gasteiger partial charge in [-0.05, 0) is 41.8 Å². The molecular formula is C16H15BrO3. The van der Waals surface area contributed by atoms with Crippen LogP contribution in [0.4, 0.5) is 0 Å². The van der Waals surface area contributed by atoms with E-state index in [4.69, 9.17) is 9.47 Å². The van der Waals surface area contributed by atoms with E-state index in [1.165, 1.54) is 0 Å². The zero-order valence-electron chi connectivity index (χ0n) is 11.1. The molecule has 0 radical (unpaired) electrons. The van der Waals surface area contributed by atoms with Crippen LogP contribution in [-0.2, 0) is 0 Å². The van der Waals surface area contributed by atoms with Gasteiger partial charge in [-0.1, -0.05) is 34.1 Å². The van der Waals surface area contributed by atoms with Gasteiger partial charge in [-0.2, -0.15) is 0 Å². The van der Waals surface area contributed by atoms with E-state index in [0.29, 0.717) is 19.0 Å². The van der Waals surface area contributed by atoms with Gasteiger partial charge in [-0.25, -0.2) is 0 Å². The van der Waals surface area contributed by atoms with Gasteiger partial charge in [0, 0.05) is 4.47 Å². The average molecular weight is 335 g/mol. The summed E-state index contributed by atoms with van der Waals surface area (Å²) in [5.41, 5.74) is 2.78. The van der Waals surface area contributed by atoms with Crippen molar-refractivity contribution in [3.63, 3.8) is 0 Å². The van der Waals surface area contributed by atoms with Crippen molar-refractivity contribution >= 4 is 15.9 Å². The fourth-order valence-electron chi connectivity index (χ4n) is 2.20. The van der Waals surface area contributed by atoms with Crippen LogP contribution in [0.1, 0.15) is 22.8 Å². The Bertz CT molecular complexity index is 640. The number of ether oxygens (including phenoxy) is 2. The predicted octanol–water partition coefficient (Wildman–Crippen LogP) is 3.61. The van der Waals surface area contributed by atoms with E-state index in [0.717, 1.165) is 26.9 Å². The summed E-state index contributed by atoms with van der Waals surface area (Å²) in [7, 11) is 0. The smallest absolute Gasteiger partial charge is 0.161 e. The first kappa shape index (κ1) is 13.5. The van der Waals surface area contributed by atoms with Gasteiger partial charge in [-0.15, -0.1) is 0 Å². The SMILES string of the molecule is Cc1ccc(C(O)c2ccc3c(c2)OCCO3)cc1Br. The number of hydrogen-bond acceptors (Lipinski definition) is 3. The van der Waals surface area contributed by atoms with Gasteiger partial charge in [0.25, 0.3) is 0 Å². The molecule has 0 fully saturated rings. The summed E-state index contributed by atoms with van der Waals surface area (Å²) in [5, 5.41) is 10.5. The van der Waals surface area contributed by atoms with Crippen LogP contribution in [0.15, 0.2) is 40.9 Å². The Balaban J connectivity index is 1.93. The molecule has 3 nitrogen and oxygen atoms in total. The first-order valence-corrected chi connectivity index (χ1v) is 7.28. The number of aliphatic hydroxyl groups is 1. The molecule has 1 atom stereocenters. The van der Waals surface area contributed by atoms with Gasteiger partial charge in [0.15, 0.2) is 11.5 Å². The second kappa shape index (κ2) is 5.46. The fourth-order valence-corrected chi connectivity index (χ4v) is 2.60. The lowest BCUT2D eigenvalue weighted by Crippen LogP contribution is -2.15. The third-order valence-electron chi connectivity index (χ3n) is 3.39. The quantitative estimate of drug-likeness (QED) is 0.911. The van der Waals surface area contributed by atoms with Crippen LogP contribution < -0.4 is 9.47 Å². The van der Waals surface area contributed by atoms with E-state index in [9.17, 15) is 5.11 Å². The first-order valence-electron chi connectivity index (χ1n) is 6.49. The highest BCUT2D eigenvalue weighted by Crippen LogP contribution is 2.34. The molecule has 0 aromatic heterocycles. The van der Waals surface area contributed by atoms with Gasteiger partial charge in [0.05, 0.1) is 0 Å². The van der Waals surface area contributed by atoms with Crippen molar-refractivity contribution in [3.05, 3.63) is 57.6 Å². The van der Waals surface area contributed by atoms with Gasteiger partial charge >= 0.3 is 0 Å². The lowest BCUT2D eigenvalue weighted by atomic mass is 10.00. The zero-order chi connectivity index (χ0) is 14.1. The minimum atomic E-state index is -0.678. The molecule has 0 saturated heterocycles. The first-order chi connectivity index (χ1) is 9.65. The van der Waals surface area contributed by atoms with Crippen molar-refractivity contribution in [2.45, 2.75) is 13.0 Å². The number of aliphatic hydroxyl groups excluding tert-OH is 1. The Hall–Kier alpha value is -1.52. The zero-order valence-corrected chi connectivity index (χ0v) is 12.7. The monoisotopic (exact) mass is 334 g/mol. The van der Waals surface area contributed by atoms with Gasteiger partial charge in [0.2, 0.25) is 0 Å². The lowest BCUT2D eigenvalue weighted by molar-refractivity contribution is 0.169. The molecular weight excluding hydrogens is 320 g/mol. The van der Waals surface area contributed by atoms with Crippen LogP contribution in [0, 0.1) is 6.92 Å². The Morgan fingerprint density at radius 1 is 1.00 bits per heavy atom. The van der Waals surface area contributed by atoms with E-state index in [2.05, 4.69) is 15.9 Å². The summed E-state index contributed by atoms with van der Waals surface area (Å²) in [6.07, 6.45) is -0.678. The summed E-state index contributed by atoms with van der Waals surface area (Å²) in [6, 6.07) is 11.4. The second-order valence-electron chi connectivity index (χ2n) is 4.81. The topological polar surface area (TPSA) is 38.7 Å². The molecule has 104 valence electrons. The number of fused-ring (bicyclic) bond motifs is 1. The molecule has 1 heterocycles. The number of halogens is 1. The minimum Gasteiger partial charge on any atom is -0.486 e. The number of aryl methyl sites for hydroxylation is 1. The average Bonchev–Trinajstić information content (AvgIpc) is 2.49. The van der Waals surface area contributed by atoms with E-state index in [-0.39, 0.29) is 0 Å². The molecule has 4 heteroatoms. The number of benzene rings is 2. The van der Waals surface area contributed by atoms with Crippen LogP contribution in [-0.4, -0.2) is 18.3 Å². The van der Waals surface area contributed by atoms with Crippen molar-refractivity contribution in [1.29, 1.82) is 0 Å². The van der Waals surface area contributed by atoms with Crippen LogP contribution in [0.3, 0.4) is 0 Å². The van der Waals surface area contributed by atoms with Crippen molar-refractivity contribution < 1.29 is 14.6 Å². The molecule has 1 N–H and O–H groups in total. The van der Waals surface area contributed by atoms with Crippen molar-refractivity contribution in [1.82, 2.24) is 0 Å². The normalized spacial score (nSPS) is 14.9. The van der Waals surface area contributed by atoms with Gasteiger partial charge in [0.1, 0.15) is 19.3 Å². The molecule has 0 saturated carbocycles. The highest BCUT2D eigenvalue weighted by molar-refractivity contribution is 9.10. The number of hydrogen-bond donors (Lipinski definition) is 1. The van der Waals surface area contributed by atoms with E-state index in [1.807, 2.05) is 43.3 Å². The molecule has 1 aliphatic heterocycles. The minimum absolute atomic E-state index is 0.544. The number of rotatable bonds is 2. The van der Waals surface area contributed by atoms with Crippen LogP contribution in [0.25, 0.3) is 0 Å². The second-order valence-corrected chi connectivity index (χ2v) is 5.67. The van der Waals surface area contributed by atoms with Crippen molar-refractivity contribution in [3.8, 4) is 11.5 Å². The molecule has 0 bridgehead atoms. The third kappa shape index (κ3) is 2.53. The predicted molar refractivity (Wildman–Crippen MR) is 80.4 cm³/mol. The van der Waals surface area contributed by atoms with Crippen molar-refractivity contribution in [2.75, 3.05) is 13.2 Å². The third-order valence-corrected chi connectivity index (χ3v) is 4.25. The molecule has 0 aliphatic carbocycles. The Morgan fingerprint density at radius 3 is 2.40 bits per heavy atom. The maximum absolute atomic E-state index is 10.5. The van der Waals surface area contributed by atoms with Crippen LogP contribution in [0.5, 0.6) is 11.5 Å². The molecule has 0 spiro atoms. The Kier molecular flexibility index (Phi) is 3.68. The molecule has 1 unspecified atom stereocenters. The summed E-state index contributed by atoms with van der Waals surface area (Å²) >= 11 is 3.49. The van der Waals surface area contributed by atoms with Crippen molar-refractivity contribution in [2.24, 2.45) is 0 Å². The summed E-state index contributed by atoms with van der Waals surface area (Å²) in [6.45, 7) is 3.13. The molecule has 3 rings (SSSR count). The van der Waals surface area contributed by atoms with E-state index in [1.54, 1.807) is 0 Å². The fraction of sp³-hybridized carbons (Fsp3) is 0.250. The Morgan fingerprint density at radius 2 is 1.65 bits per heavy atom. The maximum Gasteiger partial charge on any atom is 0.161 e. The Labute approximate surface area is 126 Å². The van der Waals surface area contributed by atoms with E-state index < -0.39 is 6.10 Å². The largest absolute Gasteiger partial charge is 0.486 e. The maximum atomic E-state index is 10.5. The van der Waals surface area contributed by atoms with Gasteiger partial charge in [-0.3, -0.25) is 0 Å². The standard InChI is InChI=1S/C16H15BrO3/c1-10-2-3-11(8-13(10)17)16(18)12-4-5-14-15(9-12)20-7-6-19-14/h2-5,8-9,16,18H,6-7H2,1H3. The van der Waals surface area contributed by atoms with Crippen LogP contribution in [0.2, 0.25) is 0 Å². The molecule has 2 aromatic rings. The molecule has 20 heavy (non-hydrogen) atoms. The molecule has 0 amide bonds. The van der Waals surface area contributed by atoms with Gasteiger partial charge < -0.3 is 14.6 Å². The van der Waals surface area contributed by atoms with Crippen LogP contribution >= 0.6 is 15.9 Å².